The number of benzene rings is 1. The van der Waals surface area contributed by atoms with Crippen LogP contribution in [0.2, 0.25) is 5.02 Å². The van der Waals surface area contributed by atoms with Gasteiger partial charge in [0.15, 0.2) is 0 Å². The molecule has 128 valence electrons. The van der Waals surface area contributed by atoms with Gasteiger partial charge >= 0.3 is 5.69 Å². The highest BCUT2D eigenvalue weighted by molar-refractivity contribution is 6.32. The zero-order valence-corrected chi connectivity index (χ0v) is 13.8. The largest absolute Gasteiger partial charge is 0.495 e. The van der Waals surface area contributed by atoms with Gasteiger partial charge < -0.3 is 19.4 Å². The number of hydrogen-bond donors (Lipinski definition) is 2. The Labute approximate surface area is 142 Å². The maximum Gasteiger partial charge on any atom is 0.328 e. The Bertz CT molecular complexity index is 859. The van der Waals surface area contributed by atoms with Crippen molar-refractivity contribution in [2.45, 2.75) is 13.0 Å². The smallest absolute Gasteiger partial charge is 0.328 e. The molecule has 2 aromatic rings. The molecule has 0 aliphatic carbocycles. The Morgan fingerprint density at radius 3 is 2.58 bits per heavy atom. The van der Waals surface area contributed by atoms with Crippen LogP contribution in [-0.2, 0) is 11.3 Å². The second-order valence-electron chi connectivity index (χ2n) is 4.79. The SMILES string of the molecule is COc1cc(NC(=O)CCn2ccc(=O)[nH]c2=O)c(OC)cc1Cl. The lowest BCUT2D eigenvalue weighted by Gasteiger charge is -2.13. The number of nitrogens with zero attached hydrogens (tertiary/aromatic N) is 1. The Hall–Kier alpha value is -2.74. The molecule has 0 fully saturated rings. The molecule has 0 saturated carbocycles. The van der Waals surface area contributed by atoms with E-state index >= 15 is 0 Å². The Kier molecular flexibility index (Phi) is 5.64. The summed E-state index contributed by atoms with van der Waals surface area (Å²) in [5.41, 5.74) is -0.655. The van der Waals surface area contributed by atoms with E-state index in [-0.39, 0.29) is 18.9 Å². The molecule has 0 spiro atoms. The number of methoxy groups -OCH3 is 2. The molecule has 0 aliphatic heterocycles. The minimum Gasteiger partial charge on any atom is -0.495 e. The number of aromatic amines is 1. The number of ether oxygens (including phenoxy) is 2. The standard InChI is InChI=1S/C15H16ClN3O5/c1-23-11-8-10(12(24-2)7-9(11)16)17-13(20)3-5-19-6-4-14(21)18-15(19)22/h4,6-8H,3,5H2,1-2H3,(H,17,20)(H,18,21,22). The quantitative estimate of drug-likeness (QED) is 0.813. The number of hydrogen-bond acceptors (Lipinski definition) is 5. The van der Waals surface area contributed by atoms with E-state index in [2.05, 4.69) is 10.3 Å². The first-order chi connectivity index (χ1) is 11.4. The molecule has 9 heteroatoms. The molecule has 2 rings (SSSR count). The fraction of sp³-hybridized carbons (Fsp3) is 0.267. The molecule has 0 unspecified atom stereocenters. The van der Waals surface area contributed by atoms with E-state index in [4.69, 9.17) is 21.1 Å². The van der Waals surface area contributed by atoms with Gasteiger partial charge in [-0.1, -0.05) is 11.6 Å². The molecule has 0 radical (unpaired) electrons. The minimum absolute atomic E-state index is 0.0278. The van der Waals surface area contributed by atoms with Gasteiger partial charge in [0, 0.05) is 37.4 Å². The van der Waals surface area contributed by atoms with Gasteiger partial charge in [0.25, 0.3) is 5.56 Å². The number of rotatable bonds is 6. The summed E-state index contributed by atoms with van der Waals surface area (Å²) in [6.07, 6.45) is 1.36. The number of amides is 1. The zero-order chi connectivity index (χ0) is 17.7. The third-order valence-electron chi connectivity index (χ3n) is 3.22. The normalized spacial score (nSPS) is 10.3. The van der Waals surface area contributed by atoms with Crippen LogP contribution >= 0.6 is 11.6 Å². The summed E-state index contributed by atoms with van der Waals surface area (Å²) in [4.78, 5) is 36.8. The van der Waals surface area contributed by atoms with Gasteiger partial charge in [0.1, 0.15) is 11.5 Å². The highest BCUT2D eigenvalue weighted by Gasteiger charge is 2.12. The molecule has 0 bridgehead atoms. The Balaban J connectivity index is 2.09. The summed E-state index contributed by atoms with van der Waals surface area (Å²) in [6.45, 7) is 0.120. The summed E-state index contributed by atoms with van der Waals surface area (Å²) >= 11 is 6.00. The second kappa shape index (κ2) is 7.69. The summed E-state index contributed by atoms with van der Waals surface area (Å²) in [5.74, 6) is 0.441. The maximum atomic E-state index is 12.1. The molecule has 0 saturated heterocycles. The van der Waals surface area contributed by atoms with Crippen LogP contribution in [0.1, 0.15) is 6.42 Å². The zero-order valence-electron chi connectivity index (χ0n) is 13.1. The van der Waals surface area contributed by atoms with Crippen molar-refractivity contribution in [3.05, 3.63) is 50.3 Å². The Morgan fingerprint density at radius 2 is 1.96 bits per heavy atom. The van der Waals surface area contributed by atoms with Gasteiger partial charge in [-0.2, -0.15) is 0 Å². The van der Waals surface area contributed by atoms with Gasteiger partial charge in [-0.05, 0) is 0 Å². The lowest BCUT2D eigenvalue weighted by atomic mass is 10.2. The third kappa shape index (κ3) is 4.17. The van der Waals surface area contributed by atoms with Crippen LogP contribution in [0.5, 0.6) is 11.5 Å². The first kappa shape index (κ1) is 17.6. The van der Waals surface area contributed by atoms with Crippen LogP contribution in [0, 0.1) is 0 Å². The number of anilines is 1. The first-order valence-corrected chi connectivity index (χ1v) is 7.33. The summed E-state index contributed by atoms with van der Waals surface area (Å²) < 4.78 is 11.5. The van der Waals surface area contributed by atoms with E-state index in [0.717, 1.165) is 0 Å². The van der Waals surface area contributed by atoms with E-state index in [1.165, 1.54) is 37.1 Å². The van der Waals surface area contributed by atoms with Gasteiger partial charge in [-0.25, -0.2) is 4.79 Å². The molecule has 8 nitrogen and oxygen atoms in total. The predicted octanol–water partition coefficient (Wildman–Crippen LogP) is 1.24. The molecular weight excluding hydrogens is 338 g/mol. The van der Waals surface area contributed by atoms with E-state index in [0.29, 0.717) is 22.2 Å². The molecule has 1 heterocycles. The fourth-order valence-electron chi connectivity index (χ4n) is 2.01. The number of aryl methyl sites for hydroxylation is 1. The average Bonchev–Trinajstić information content (AvgIpc) is 2.55. The average molecular weight is 354 g/mol. The number of carbonyl (C=O) groups is 1. The van der Waals surface area contributed by atoms with Crippen LogP contribution in [0.15, 0.2) is 34.0 Å². The molecular formula is C15H16ClN3O5. The molecule has 1 aromatic carbocycles. The van der Waals surface area contributed by atoms with Gasteiger partial charge in [-0.15, -0.1) is 0 Å². The van der Waals surface area contributed by atoms with E-state index in [1.54, 1.807) is 6.07 Å². The van der Waals surface area contributed by atoms with Gasteiger partial charge in [-0.3, -0.25) is 14.6 Å². The fourth-order valence-corrected chi connectivity index (χ4v) is 2.24. The van der Waals surface area contributed by atoms with Crippen LogP contribution in [-0.4, -0.2) is 29.7 Å². The monoisotopic (exact) mass is 353 g/mol. The Morgan fingerprint density at radius 1 is 1.25 bits per heavy atom. The van der Waals surface area contributed by atoms with Crippen molar-refractivity contribution < 1.29 is 14.3 Å². The van der Waals surface area contributed by atoms with Crippen LogP contribution < -0.4 is 26.0 Å². The number of halogens is 1. The van der Waals surface area contributed by atoms with Crippen molar-refractivity contribution >= 4 is 23.2 Å². The highest BCUT2D eigenvalue weighted by atomic mass is 35.5. The number of H-pyrrole nitrogens is 1. The molecule has 1 amide bonds. The van der Waals surface area contributed by atoms with Gasteiger partial charge in [0.2, 0.25) is 5.91 Å². The number of aromatic nitrogens is 2. The van der Waals surface area contributed by atoms with Crippen molar-refractivity contribution in [1.82, 2.24) is 9.55 Å². The number of carbonyl (C=O) groups excluding carboxylic acids is 1. The highest BCUT2D eigenvalue weighted by Crippen LogP contribution is 2.35. The number of nitrogens with one attached hydrogen (secondary N) is 2. The summed E-state index contributed by atoms with van der Waals surface area (Å²) in [7, 11) is 2.91. The molecule has 24 heavy (non-hydrogen) atoms. The maximum absolute atomic E-state index is 12.1. The lowest BCUT2D eigenvalue weighted by molar-refractivity contribution is -0.116. The molecule has 0 atom stereocenters. The third-order valence-corrected chi connectivity index (χ3v) is 3.52. The predicted molar refractivity (Wildman–Crippen MR) is 89.1 cm³/mol. The summed E-state index contributed by atoms with van der Waals surface area (Å²) in [5, 5.41) is 3.03. The van der Waals surface area contributed by atoms with Gasteiger partial charge in [0.05, 0.1) is 24.9 Å². The van der Waals surface area contributed by atoms with Crippen molar-refractivity contribution in [2.24, 2.45) is 0 Å². The van der Waals surface area contributed by atoms with Crippen molar-refractivity contribution in [1.29, 1.82) is 0 Å². The topological polar surface area (TPSA) is 102 Å². The van der Waals surface area contributed by atoms with Crippen LogP contribution in [0.4, 0.5) is 5.69 Å². The first-order valence-electron chi connectivity index (χ1n) is 6.95. The van der Waals surface area contributed by atoms with Crippen LogP contribution in [0.3, 0.4) is 0 Å². The van der Waals surface area contributed by atoms with E-state index in [1.807, 2.05) is 0 Å². The minimum atomic E-state index is -0.568. The molecule has 1 aromatic heterocycles. The van der Waals surface area contributed by atoms with Crippen LogP contribution in [0.25, 0.3) is 0 Å². The summed E-state index contributed by atoms with van der Waals surface area (Å²) in [6, 6.07) is 4.29. The molecule has 0 aliphatic rings. The second-order valence-corrected chi connectivity index (χ2v) is 5.20. The molecule has 2 N–H and O–H groups in total. The van der Waals surface area contributed by atoms with E-state index in [9.17, 15) is 14.4 Å². The lowest BCUT2D eigenvalue weighted by Crippen LogP contribution is -2.29. The van der Waals surface area contributed by atoms with E-state index < -0.39 is 11.2 Å². The van der Waals surface area contributed by atoms with Crippen molar-refractivity contribution in [3.63, 3.8) is 0 Å². The van der Waals surface area contributed by atoms with Crippen molar-refractivity contribution in [2.75, 3.05) is 19.5 Å². The van der Waals surface area contributed by atoms with Crippen molar-refractivity contribution in [3.8, 4) is 11.5 Å².